The van der Waals surface area contributed by atoms with Crippen LogP contribution in [0.2, 0.25) is 0 Å². The zero-order chi connectivity index (χ0) is 18.8. The van der Waals surface area contributed by atoms with Crippen LogP contribution in [-0.4, -0.2) is 20.4 Å². The molecule has 136 valence electrons. The van der Waals surface area contributed by atoms with Crippen molar-refractivity contribution in [1.29, 1.82) is 0 Å². The number of amides is 1. The Morgan fingerprint density at radius 3 is 2.74 bits per heavy atom. The van der Waals surface area contributed by atoms with Gasteiger partial charge in [-0.15, -0.1) is 0 Å². The zero-order valence-electron chi connectivity index (χ0n) is 15.0. The summed E-state index contributed by atoms with van der Waals surface area (Å²) in [4.78, 5) is 16.8. The summed E-state index contributed by atoms with van der Waals surface area (Å²) in [6.45, 7) is 4.14. The molecule has 1 aromatic carbocycles. The second-order valence-corrected chi connectivity index (χ2v) is 6.24. The van der Waals surface area contributed by atoms with Crippen molar-refractivity contribution in [1.82, 2.24) is 14.5 Å². The number of nitrogens with one attached hydrogen (secondary N) is 1. The van der Waals surface area contributed by atoms with Gasteiger partial charge in [0, 0.05) is 24.0 Å². The predicted octanol–water partition coefficient (Wildman–Crippen LogP) is 3.77. The molecule has 1 N–H and O–H groups in total. The number of nitrogens with zero attached hydrogens (tertiary/aromatic N) is 3. The Balaban J connectivity index is 1.39. The quantitative estimate of drug-likeness (QED) is 0.584. The minimum Gasteiger partial charge on any atom is -0.487 e. The van der Waals surface area contributed by atoms with E-state index >= 15 is 0 Å². The van der Waals surface area contributed by atoms with Crippen molar-refractivity contribution in [2.45, 2.75) is 20.5 Å². The lowest BCUT2D eigenvalue weighted by Crippen LogP contribution is -2.11. The van der Waals surface area contributed by atoms with E-state index in [-0.39, 0.29) is 5.91 Å². The van der Waals surface area contributed by atoms with Gasteiger partial charge in [-0.25, -0.2) is 4.98 Å². The van der Waals surface area contributed by atoms with E-state index in [4.69, 9.17) is 9.26 Å². The average Bonchev–Trinajstić information content (AvgIpc) is 3.27. The molecule has 0 atom stereocenters. The third kappa shape index (κ3) is 3.67. The fraction of sp³-hybridized carbons (Fsp3) is 0.150. The maximum absolute atomic E-state index is 12.2. The summed E-state index contributed by atoms with van der Waals surface area (Å²) in [5.74, 6) is 1.43. The molecule has 3 heterocycles. The van der Waals surface area contributed by atoms with Crippen LogP contribution in [-0.2, 0) is 6.61 Å². The molecule has 0 unspecified atom stereocenters. The van der Waals surface area contributed by atoms with Gasteiger partial charge in [0.05, 0.1) is 5.69 Å². The molecule has 4 rings (SSSR count). The second-order valence-electron chi connectivity index (χ2n) is 6.24. The summed E-state index contributed by atoms with van der Waals surface area (Å²) in [5.41, 5.74) is 3.38. The molecular weight excluding hydrogens is 344 g/mol. The van der Waals surface area contributed by atoms with E-state index in [1.54, 1.807) is 37.3 Å². The fourth-order valence-electron chi connectivity index (χ4n) is 2.75. The molecule has 7 nitrogen and oxygen atoms in total. The predicted molar refractivity (Wildman–Crippen MR) is 99.9 cm³/mol. The summed E-state index contributed by atoms with van der Waals surface area (Å²) >= 11 is 0. The molecule has 4 aromatic rings. The van der Waals surface area contributed by atoms with E-state index in [1.807, 2.05) is 35.9 Å². The lowest BCUT2D eigenvalue weighted by molar-refractivity contribution is 0.102. The van der Waals surface area contributed by atoms with Crippen LogP contribution in [0.4, 0.5) is 5.82 Å². The number of anilines is 1. The van der Waals surface area contributed by atoms with Crippen LogP contribution in [0, 0.1) is 13.8 Å². The van der Waals surface area contributed by atoms with Crippen LogP contribution in [0.5, 0.6) is 5.75 Å². The van der Waals surface area contributed by atoms with Crippen molar-refractivity contribution in [2.75, 3.05) is 5.32 Å². The highest BCUT2D eigenvalue weighted by Crippen LogP contribution is 2.17. The van der Waals surface area contributed by atoms with Gasteiger partial charge in [0.25, 0.3) is 5.91 Å². The molecule has 0 radical (unpaired) electrons. The Bertz CT molecular complexity index is 1100. The average molecular weight is 362 g/mol. The SMILES string of the molecule is Cc1cc(NC(=O)c2ccc(OCc3cn4cccc(C)c4n3)cc2)no1. The summed E-state index contributed by atoms with van der Waals surface area (Å²) in [7, 11) is 0. The van der Waals surface area contributed by atoms with Crippen LogP contribution in [0.25, 0.3) is 5.65 Å². The monoisotopic (exact) mass is 362 g/mol. The summed E-state index contributed by atoms with van der Waals surface area (Å²) in [6, 6.07) is 12.6. The number of rotatable bonds is 5. The number of fused-ring (bicyclic) bond motifs is 1. The molecular formula is C20H18N4O3. The van der Waals surface area contributed by atoms with Gasteiger partial charge < -0.3 is 19.0 Å². The van der Waals surface area contributed by atoms with Gasteiger partial charge in [-0.1, -0.05) is 11.2 Å². The fourth-order valence-corrected chi connectivity index (χ4v) is 2.75. The van der Waals surface area contributed by atoms with E-state index in [2.05, 4.69) is 15.5 Å². The zero-order valence-corrected chi connectivity index (χ0v) is 15.0. The number of hydrogen-bond donors (Lipinski definition) is 1. The molecule has 0 aliphatic carbocycles. The molecule has 3 aromatic heterocycles. The maximum Gasteiger partial charge on any atom is 0.256 e. The van der Waals surface area contributed by atoms with Crippen molar-refractivity contribution in [3.8, 4) is 5.75 Å². The molecule has 0 aliphatic heterocycles. The molecule has 0 spiro atoms. The molecule has 27 heavy (non-hydrogen) atoms. The van der Waals surface area contributed by atoms with Gasteiger partial charge >= 0.3 is 0 Å². The number of benzene rings is 1. The largest absolute Gasteiger partial charge is 0.487 e. The first-order valence-electron chi connectivity index (χ1n) is 8.49. The smallest absolute Gasteiger partial charge is 0.256 e. The Morgan fingerprint density at radius 2 is 2.04 bits per heavy atom. The van der Waals surface area contributed by atoms with Gasteiger partial charge in [0.2, 0.25) is 0 Å². The Morgan fingerprint density at radius 1 is 1.22 bits per heavy atom. The van der Waals surface area contributed by atoms with E-state index in [0.717, 1.165) is 16.9 Å². The van der Waals surface area contributed by atoms with E-state index in [1.165, 1.54) is 0 Å². The van der Waals surface area contributed by atoms with Gasteiger partial charge in [-0.05, 0) is 49.7 Å². The highest BCUT2D eigenvalue weighted by Gasteiger charge is 2.09. The number of aromatic nitrogens is 3. The van der Waals surface area contributed by atoms with Crippen molar-refractivity contribution in [3.63, 3.8) is 0 Å². The second kappa shape index (κ2) is 6.95. The Hall–Kier alpha value is -3.61. The standard InChI is InChI=1S/C20H18N4O3/c1-13-4-3-9-24-11-16(21-19(13)24)12-26-17-7-5-15(6-8-17)20(25)22-18-10-14(2)27-23-18/h3-11H,12H2,1-2H3,(H,22,23,25). The van der Waals surface area contributed by atoms with Crippen LogP contribution < -0.4 is 10.1 Å². The lowest BCUT2D eigenvalue weighted by Gasteiger charge is -2.05. The van der Waals surface area contributed by atoms with Crippen molar-refractivity contribution in [2.24, 2.45) is 0 Å². The van der Waals surface area contributed by atoms with Gasteiger partial charge in [0.1, 0.15) is 23.8 Å². The van der Waals surface area contributed by atoms with Crippen molar-refractivity contribution in [3.05, 3.63) is 77.4 Å². The van der Waals surface area contributed by atoms with Gasteiger partial charge in [-0.2, -0.15) is 0 Å². The van der Waals surface area contributed by atoms with Gasteiger partial charge in [0.15, 0.2) is 5.82 Å². The number of carbonyl (C=O) groups is 1. The van der Waals surface area contributed by atoms with Gasteiger partial charge in [-0.3, -0.25) is 4.79 Å². The molecule has 0 aliphatic rings. The van der Waals surface area contributed by atoms with Crippen LogP contribution in [0.15, 0.2) is 59.4 Å². The number of hydrogen-bond acceptors (Lipinski definition) is 5. The maximum atomic E-state index is 12.2. The Kier molecular flexibility index (Phi) is 4.33. The van der Waals surface area contributed by atoms with Crippen molar-refractivity contribution < 1.29 is 14.1 Å². The number of pyridine rings is 1. The molecule has 0 bridgehead atoms. The lowest BCUT2D eigenvalue weighted by atomic mass is 10.2. The number of carbonyl (C=O) groups excluding carboxylic acids is 1. The first kappa shape index (κ1) is 16.8. The topological polar surface area (TPSA) is 81.7 Å². The molecule has 0 saturated heterocycles. The Labute approximate surface area is 155 Å². The minimum absolute atomic E-state index is 0.259. The third-order valence-corrected chi connectivity index (χ3v) is 4.10. The van der Waals surface area contributed by atoms with E-state index < -0.39 is 0 Å². The van der Waals surface area contributed by atoms with Crippen LogP contribution >= 0.6 is 0 Å². The first-order valence-corrected chi connectivity index (χ1v) is 8.49. The molecule has 0 saturated carbocycles. The van der Waals surface area contributed by atoms with Crippen LogP contribution in [0.3, 0.4) is 0 Å². The summed E-state index contributed by atoms with van der Waals surface area (Å²) in [6.07, 6.45) is 3.91. The van der Waals surface area contributed by atoms with Crippen molar-refractivity contribution >= 4 is 17.4 Å². The minimum atomic E-state index is -0.259. The summed E-state index contributed by atoms with van der Waals surface area (Å²) < 4.78 is 12.7. The third-order valence-electron chi connectivity index (χ3n) is 4.10. The number of aryl methyl sites for hydroxylation is 2. The summed E-state index contributed by atoms with van der Waals surface area (Å²) in [5, 5.41) is 6.42. The molecule has 0 fully saturated rings. The van der Waals surface area contributed by atoms with Crippen LogP contribution in [0.1, 0.15) is 27.4 Å². The van der Waals surface area contributed by atoms with E-state index in [0.29, 0.717) is 29.5 Å². The highest BCUT2D eigenvalue weighted by atomic mass is 16.5. The number of ether oxygens (including phenoxy) is 1. The normalized spacial score (nSPS) is 10.9. The molecule has 7 heteroatoms. The number of imidazole rings is 1. The highest BCUT2D eigenvalue weighted by molar-refractivity contribution is 6.03. The first-order chi connectivity index (χ1) is 13.1. The van der Waals surface area contributed by atoms with E-state index in [9.17, 15) is 4.79 Å². The molecule has 1 amide bonds.